The second-order valence-corrected chi connectivity index (χ2v) is 8.75. The number of hydrogen-bond donors (Lipinski definition) is 0. The molecule has 0 N–H and O–H groups in total. The van der Waals surface area contributed by atoms with Crippen LogP contribution in [0.1, 0.15) is 30.5 Å². The number of esters is 1. The maximum absolute atomic E-state index is 13.1. The Morgan fingerprint density at radius 2 is 1.93 bits per heavy atom. The minimum absolute atomic E-state index is 0.0312. The van der Waals surface area contributed by atoms with Crippen molar-refractivity contribution in [3.63, 3.8) is 0 Å². The minimum atomic E-state index is -0.542. The van der Waals surface area contributed by atoms with Gasteiger partial charge in [0.15, 0.2) is 5.17 Å². The Hall–Kier alpha value is -2.38. The first-order valence-electron chi connectivity index (χ1n) is 9.25. The first-order valence-corrected chi connectivity index (χ1v) is 11.0. The largest absolute Gasteiger partial charge is 0.457 e. The van der Waals surface area contributed by atoms with Gasteiger partial charge < -0.3 is 4.74 Å². The normalized spacial score (nSPS) is 19.0. The summed E-state index contributed by atoms with van der Waals surface area (Å²) in [5, 5.41) is 0.645. The van der Waals surface area contributed by atoms with Gasteiger partial charge in [0.1, 0.15) is 6.61 Å². The van der Waals surface area contributed by atoms with Gasteiger partial charge in [-0.1, -0.05) is 70.2 Å². The van der Waals surface area contributed by atoms with Gasteiger partial charge in [0, 0.05) is 16.6 Å². The standard InChI is InChI=1S/C22H19BrN2O3S/c1-14-19(21(27)28-13-15-5-3-2-4-6-15)20(16-7-9-17(23)10-8-16)25-18(26)11-12-29-22(25)24-14/h2-10,20H,11-13H2,1H3. The Balaban J connectivity index is 1.71. The van der Waals surface area contributed by atoms with Crippen molar-refractivity contribution in [3.05, 3.63) is 81.5 Å². The lowest BCUT2D eigenvalue weighted by Crippen LogP contribution is -2.45. The van der Waals surface area contributed by atoms with Gasteiger partial charge in [0.25, 0.3) is 0 Å². The molecular formula is C22H19BrN2O3S. The highest BCUT2D eigenvalue weighted by Crippen LogP contribution is 2.40. The highest BCUT2D eigenvalue weighted by atomic mass is 79.9. The van der Waals surface area contributed by atoms with Crippen molar-refractivity contribution in [3.8, 4) is 0 Å². The van der Waals surface area contributed by atoms with Crippen molar-refractivity contribution >= 4 is 44.7 Å². The van der Waals surface area contributed by atoms with E-state index in [1.807, 2.05) is 54.6 Å². The molecule has 29 heavy (non-hydrogen) atoms. The van der Waals surface area contributed by atoms with Crippen LogP contribution in [-0.2, 0) is 20.9 Å². The minimum Gasteiger partial charge on any atom is -0.457 e. The summed E-state index contributed by atoms with van der Waals surface area (Å²) >= 11 is 4.98. The number of thioether (sulfide) groups is 1. The Kier molecular flexibility index (Phi) is 5.87. The Morgan fingerprint density at radius 3 is 2.66 bits per heavy atom. The fraction of sp³-hybridized carbons (Fsp3) is 0.227. The monoisotopic (exact) mass is 470 g/mol. The van der Waals surface area contributed by atoms with Gasteiger partial charge in [-0.2, -0.15) is 0 Å². The topological polar surface area (TPSA) is 59.0 Å². The lowest BCUT2D eigenvalue weighted by molar-refractivity contribution is -0.141. The van der Waals surface area contributed by atoms with Crippen molar-refractivity contribution in [2.24, 2.45) is 4.99 Å². The summed E-state index contributed by atoms with van der Waals surface area (Å²) in [6, 6.07) is 16.6. The van der Waals surface area contributed by atoms with Gasteiger partial charge in [-0.05, 0) is 30.2 Å². The Bertz CT molecular complexity index is 1000. The number of fused-ring (bicyclic) bond motifs is 1. The molecule has 0 aromatic heterocycles. The molecule has 7 heteroatoms. The molecule has 0 radical (unpaired) electrons. The molecule has 5 nitrogen and oxygen atoms in total. The van der Waals surface area contributed by atoms with Crippen LogP contribution in [0.2, 0.25) is 0 Å². The summed E-state index contributed by atoms with van der Waals surface area (Å²) < 4.78 is 6.54. The average molecular weight is 471 g/mol. The SMILES string of the molecule is CC1=C(C(=O)OCc2ccccc2)C(c2ccc(Br)cc2)N2C(=O)CCSC2=N1. The summed E-state index contributed by atoms with van der Waals surface area (Å²) in [6.45, 7) is 1.97. The molecule has 1 amide bonds. The van der Waals surface area contributed by atoms with Crippen molar-refractivity contribution in [1.29, 1.82) is 0 Å². The van der Waals surface area contributed by atoms with Crippen LogP contribution in [0, 0.1) is 0 Å². The van der Waals surface area contributed by atoms with Gasteiger partial charge in [-0.15, -0.1) is 0 Å². The third-order valence-corrected chi connectivity index (χ3v) is 6.31. The van der Waals surface area contributed by atoms with Crippen LogP contribution in [0.4, 0.5) is 0 Å². The molecule has 1 unspecified atom stereocenters. The summed E-state index contributed by atoms with van der Waals surface area (Å²) in [5.41, 5.74) is 2.75. The zero-order valence-corrected chi connectivity index (χ0v) is 18.2. The number of nitrogens with zero attached hydrogens (tertiary/aromatic N) is 2. The van der Waals surface area contributed by atoms with E-state index in [4.69, 9.17) is 4.74 Å². The second-order valence-electron chi connectivity index (χ2n) is 6.77. The molecule has 0 aliphatic carbocycles. The fourth-order valence-electron chi connectivity index (χ4n) is 3.42. The first-order chi connectivity index (χ1) is 14.0. The van der Waals surface area contributed by atoms with Crippen LogP contribution in [0.5, 0.6) is 0 Å². The number of benzene rings is 2. The maximum atomic E-state index is 13.1. The van der Waals surface area contributed by atoms with E-state index < -0.39 is 12.0 Å². The van der Waals surface area contributed by atoms with E-state index in [0.29, 0.717) is 28.6 Å². The Labute approximate surface area is 182 Å². The zero-order chi connectivity index (χ0) is 20.4. The molecule has 4 rings (SSSR count). The van der Waals surface area contributed by atoms with E-state index in [0.717, 1.165) is 15.6 Å². The molecule has 1 fully saturated rings. The zero-order valence-electron chi connectivity index (χ0n) is 15.8. The number of hydrogen-bond acceptors (Lipinski definition) is 5. The summed E-state index contributed by atoms with van der Waals surface area (Å²) in [5.74, 6) is 0.212. The lowest BCUT2D eigenvalue weighted by atomic mass is 9.94. The summed E-state index contributed by atoms with van der Waals surface area (Å²) in [6.07, 6.45) is 0.419. The number of halogens is 1. The van der Waals surface area contributed by atoms with Gasteiger partial charge in [-0.25, -0.2) is 9.79 Å². The first kappa shape index (κ1) is 19.9. The number of aliphatic imine (C=N–C) groups is 1. The average Bonchev–Trinajstić information content (AvgIpc) is 2.72. The van der Waals surface area contributed by atoms with Crippen LogP contribution in [-0.4, -0.2) is 27.7 Å². The van der Waals surface area contributed by atoms with Gasteiger partial charge in [-0.3, -0.25) is 9.69 Å². The number of amides is 1. The van der Waals surface area contributed by atoms with Gasteiger partial charge in [0.2, 0.25) is 5.91 Å². The fourth-order valence-corrected chi connectivity index (χ4v) is 4.69. The molecule has 148 valence electrons. The molecule has 1 atom stereocenters. The highest BCUT2D eigenvalue weighted by molar-refractivity contribution is 9.10. The van der Waals surface area contributed by atoms with E-state index in [-0.39, 0.29) is 12.5 Å². The Morgan fingerprint density at radius 1 is 1.21 bits per heavy atom. The summed E-state index contributed by atoms with van der Waals surface area (Å²) in [4.78, 5) is 32.1. The van der Waals surface area contributed by atoms with Gasteiger partial charge >= 0.3 is 5.97 Å². The molecule has 2 aliphatic heterocycles. The van der Waals surface area contributed by atoms with Crippen LogP contribution in [0.25, 0.3) is 0 Å². The number of ether oxygens (including phenoxy) is 1. The molecule has 1 saturated heterocycles. The number of rotatable bonds is 4. The molecule has 2 heterocycles. The predicted octanol–water partition coefficient (Wildman–Crippen LogP) is 4.84. The van der Waals surface area contributed by atoms with Crippen molar-refractivity contribution in [1.82, 2.24) is 4.90 Å². The molecule has 0 bridgehead atoms. The summed E-state index contributed by atoms with van der Waals surface area (Å²) in [7, 11) is 0. The van der Waals surface area contributed by atoms with Crippen LogP contribution < -0.4 is 0 Å². The number of carbonyl (C=O) groups excluding carboxylic acids is 2. The third kappa shape index (κ3) is 4.16. The van der Waals surface area contributed by atoms with Crippen molar-refractivity contribution in [2.45, 2.75) is 26.0 Å². The van der Waals surface area contributed by atoms with Crippen LogP contribution >= 0.6 is 27.7 Å². The molecular weight excluding hydrogens is 452 g/mol. The molecule has 2 aromatic carbocycles. The number of amidine groups is 1. The predicted molar refractivity (Wildman–Crippen MR) is 117 cm³/mol. The smallest absolute Gasteiger partial charge is 0.338 e. The van der Waals surface area contributed by atoms with E-state index >= 15 is 0 Å². The lowest BCUT2D eigenvalue weighted by Gasteiger charge is -2.38. The maximum Gasteiger partial charge on any atom is 0.338 e. The number of carbonyl (C=O) groups is 2. The van der Waals surface area contributed by atoms with E-state index in [1.54, 1.807) is 11.8 Å². The highest BCUT2D eigenvalue weighted by Gasteiger charge is 2.41. The third-order valence-electron chi connectivity index (χ3n) is 4.83. The van der Waals surface area contributed by atoms with Crippen LogP contribution in [0.3, 0.4) is 0 Å². The molecule has 0 saturated carbocycles. The number of allylic oxidation sites excluding steroid dienone is 1. The van der Waals surface area contributed by atoms with Crippen LogP contribution in [0.15, 0.2) is 75.3 Å². The van der Waals surface area contributed by atoms with E-state index in [1.165, 1.54) is 11.8 Å². The van der Waals surface area contributed by atoms with E-state index in [2.05, 4.69) is 20.9 Å². The molecule has 2 aliphatic rings. The van der Waals surface area contributed by atoms with Crippen molar-refractivity contribution < 1.29 is 14.3 Å². The van der Waals surface area contributed by atoms with Crippen molar-refractivity contribution in [2.75, 3.05) is 5.75 Å². The second kappa shape index (κ2) is 8.55. The quantitative estimate of drug-likeness (QED) is 0.599. The molecule has 0 spiro atoms. The van der Waals surface area contributed by atoms with E-state index in [9.17, 15) is 9.59 Å². The molecule has 2 aromatic rings. The van der Waals surface area contributed by atoms with Gasteiger partial charge in [0.05, 0.1) is 17.3 Å².